The minimum Gasteiger partial charge on any atom is -0.354 e. The van der Waals surface area contributed by atoms with Gasteiger partial charge in [-0.2, -0.15) is 0 Å². The standard InChI is InChI=1S/C26H25FN6O/c27-22-10-8-19(9-11-22)17-29-26(34)21-7-4-15-32(18-21)23-12-13-24(31-30-23)33-16-14-28-25(33)20-5-2-1-3-6-20/h1-3,5-6,8-14,16,21H,4,7,15,17-18H2,(H,29,34). The number of halogens is 1. The SMILES string of the molecule is O=C(NCc1ccc(F)cc1)C1CCCN(c2ccc(-n3ccnc3-c3ccccc3)nn2)C1. The molecule has 1 atom stereocenters. The van der Waals surface area contributed by atoms with E-state index >= 15 is 0 Å². The van der Waals surface area contributed by atoms with Crippen LogP contribution in [0.25, 0.3) is 17.2 Å². The van der Waals surface area contributed by atoms with Gasteiger partial charge in [0.25, 0.3) is 0 Å². The molecule has 3 heterocycles. The van der Waals surface area contributed by atoms with E-state index in [1.807, 2.05) is 53.2 Å². The number of hydrogen-bond donors (Lipinski definition) is 1. The number of imidazole rings is 1. The van der Waals surface area contributed by atoms with Crippen LogP contribution in [0.3, 0.4) is 0 Å². The molecule has 8 heteroatoms. The molecule has 1 fully saturated rings. The molecule has 0 saturated carbocycles. The monoisotopic (exact) mass is 456 g/mol. The number of hydrogen-bond acceptors (Lipinski definition) is 5. The van der Waals surface area contributed by atoms with Crippen molar-refractivity contribution in [2.45, 2.75) is 19.4 Å². The van der Waals surface area contributed by atoms with Crippen LogP contribution in [0.15, 0.2) is 79.1 Å². The Morgan fingerprint density at radius 3 is 2.53 bits per heavy atom. The summed E-state index contributed by atoms with van der Waals surface area (Å²) in [7, 11) is 0. The minimum atomic E-state index is -0.283. The van der Waals surface area contributed by atoms with Crippen LogP contribution in [0, 0.1) is 11.7 Å². The average Bonchev–Trinajstić information content (AvgIpc) is 3.39. The molecule has 1 aliphatic heterocycles. The van der Waals surface area contributed by atoms with Crippen molar-refractivity contribution >= 4 is 11.7 Å². The van der Waals surface area contributed by atoms with Gasteiger partial charge in [0.15, 0.2) is 11.6 Å². The highest BCUT2D eigenvalue weighted by Crippen LogP contribution is 2.24. The van der Waals surface area contributed by atoms with E-state index in [1.165, 1.54) is 12.1 Å². The molecule has 0 spiro atoms. The predicted octanol–water partition coefficient (Wildman–Crippen LogP) is 4.00. The Labute approximate surface area is 197 Å². The summed E-state index contributed by atoms with van der Waals surface area (Å²) in [5, 5.41) is 11.9. The van der Waals surface area contributed by atoms with Crippen LogP contribution in [0.4, 0.5) is 10.2 Å². The first-order valence-electron chi connectivity index (χ1n) is 11.4. The van der Waals surface area contributed by atoms with Crippen LogP contribution in [-0.2, 0) is 11.3 Å². The molecule has 5 rings (SSSR count). The summed E-state index contributed by atoms with van der Waals surface area (Å²) in [5.74, 6) is 1.83. The van der Waals surface area contributed by atoms with E-state index in [-0.39, 0.29) is 17.6 Å². The quantitative estimate of drug-likeness (QED) is 0.475. The zero-order valence-electron chi connectivity index (χ0n) is 18.6. The molecule has 172 valence electrons. The number of nitrogens with zero attached hydrogens (tertiary/aromatic N) is 5. The van der Waals surface area contributed by atoms with E-state index in [2.05, 4.69) is 25.4 Å². The lowest BCUT2D eigenvalue weighted by Crippen LogP contribution is -2.43. The predicted molar refractivity (Wildman–Crippen MR) is 128 cm³/mol. The Balaban J connectivity index is 1.24. The lowest BCUT2D eigenvalue weighted by Gasteiger charge is -2.32. The second kappa shape index (κ2) is 9.82. The van der Waals surface area contributed by atoms with Gasteiger partial charge in [0.1, 0.15) is 11.6 Å². The molecular weight excluding hydrogens is 431 g/mol. The van der Waals surface area contributed by atoms with Crippen LogP contribution in [0.2, 0.25) is 0 Å². The van der Waals surface area contributed by atoms with Gasteiger partial charge < -0.3 is 10.2 Å². The maximum absolute atomic E-state index is 13.1. The lowest BCUT2D eigenvalue weighted by molar-refractivity contribution is -0.125. The van der Waals surface area contributed by atoms with E-state index in [4.69, 9.17) is 0 Å². The fourth-order valence-corrected chi connectivity index (χ4v) is 4.24. The summed E-state index contributed by atoms with van der Waals surface area (Å²) in [5.41, 5.74) is 1.88. The van der Waals surface area contributed by atoms with Crippen molar-refractivity contribution in [2.24, 2.45) is 5.92 Å². The fraction of sp³-hybridized carbons (Fsp3) is 0.231. The second-order valence-corrected chi connectivity index (χ2v) is 8.37. The van der Waals surface area contributed by atoms with E-state index in [0.717, 1.165) is 42.2 Å². The minimum absolute atomic E-state index is 0.00419. The number of nitrogens with one attached hydrogen (secondary N) is 1. The molecule has 1 saturated heterocycles. The van der Waals surface area contributed by atoms with Crippen LogP contribution in [0.1, 0.15) is 18.4 Å². The third kappa shape index (κ3) is 4.80. The number of amides is 1. The van der Waals surface area contributed by atoms with Gasteiger partial charge in [-0.3, -0.25) is 9.36 Å². The molecule has 0 bridgehead atoms. The Hall–Kier alpha value is -4.07. The second-order valence-electron chi connectivity index (χ2n) is 8.37. The number of anilines is 1. The number of carbonyl (C=O) groups is 1. The maximum Gasteiger partial charge on any atom is 0.225 e. The molecule has 0 aliphatic carbocycles. The van der Waals surface area contributed by atoms with Gasteiger partial charge >= 0.3 is 0 Å². The number of piperidine rings is 1. The Morgan fingerprint density at radius 2 is 1.76 bits per heavy atom. The summed E-state index contributed by atoms with van der Waals surface area (Å²) in [4.78, 5) is 19.3. The molecule has 1 N–H and O–H groups in total. The number of carbonyl (C=O) groups excluding carboxylic acids is 1. The molecule has 1 amide bonds. The van der Waals surface area contributed by atoms with Crippen molar-refractivity contribution in [3.63, 3.8) is 0 Å². The van der Waals surface area contributed by atoms with Crippen LogP contribution < -0.4 is 10.2 Å². The molecule has 0 radical (unpaired) electrons. The van der Waals surface area contributed by atoms with Crippen molar-refractivity contribution in [1.29, 1.82) is 0 Å². The third-order valence-corrected chi connectivity index (χ3v) is 6.05. The number of rotatable bonds is 6. The summed E-state index contributed by atoms with van der Waals surface area (Å²) >= 11 is 0. The van der Waals surface area contributed by atoms with Crippen LogP contribution in [0.5, 0.6) is 0 Å². The molecule has 2 aromatic carbocycles. The highest BCUT2D eigenvalue weighted by atomic mass is 19.1. The van der Waals surface area contributed by atoms with Crippen LogP contribution in [-0.4, -0.2) is 38.7 Å². The first-order chi connectivity index (χ1) is 16.7. The zero-order valence-corrected chi connectivity index (χ0v) is 18.6. The van der Waals surface area contributed by atoms with Crippen molar-refractivity contribution in [3.8, 4) is 17.2 Å². The third-order valence-electron chi connectivity index (χ3n) is 6.05. The van der Waals surface area contributed by atoms with Crippen LogP contribution >= 0.6 is 0 Å². The first-order valence-corrected chi connectivity index (χ1v) is 11.4. The van der Waals surface area contributed by atoms with Gasteiger partial charge in [-0.05, 0) is 42.7 Å². The molecule has 7 nitrogen and oxygen atoms in total. The largest absolute Gasteiger partial charge is 0.354 e. The van der Waals surface area contributed by atoms with Gasteiger partial charge in [0, 0.05) is 37.6 Å². The van der Waals surface area contributed by atoms with Gasteiger partial charge in [-0.25, -0.2) is 9.37 Å². The van der Waals surface area contributed by atoms with E-state index in [9.17, 15) is 9.18 Å². The molecule has 34 heavy (non-hydrogen) atoms. The summed E-state index contributed by atoms with van der Waals surface area (Å²) in [6.07, 6.45) is 5.34. The number of aromatic nitrogens is 4. The Morgan fingerprint density at radius 1 is 1.00 bits per heavy atom. The normalized spacial score (nSPS) is 15.8. The highest BCUT2D eigenvalue weighted by molar-refractivity contribution is 5.79. The van der Waals surface area contributed by atoms with Crippen molar-refractivity contribution in [3.05, 3.63) is 90.5 Å². The van der Waals surface area contributed by atoms with E-state index in [1.54, 1.807) is 18.3 Å². The van der Waals surface area contributed by atoms with Crippen molar-refractivity contribution in [2.75, 3.05) is 18.0 Å². The van der Waals surface area contributed by atoms with Crippen molar-refractivity contribution < 1.29 is 9.18 Å². The van der Waals surface area contributed by atoms with Gasteiger partial charge in [0.05, 0.1) is 5.92 Å². The molecular formula is C26H25FN6O. The van der Waals surface area contributed by atoms with Gasteiger partial charge in [0.2, 0.25) is 5.91 Å². The molecule has 4 aromatic rings. The Kier molecular flexibility index (Phi) is 6.29. The maximum atomic E-state index is 13.1. The lowest BCUT2D eigenvalue weighted by atomic mass is 9.97. The smallest absolute Gasteiger partial charge is 0.225 e. The van der Waals surface area contributed by atoms with Gasteiger partial charge in [-0.1, -0.05) is 42.5 Å². The first kappa shape index (κ1) is 21.8. The fourth-order valence-electron chi connectivity index (χ4n) is 4.24. The number of benzene rings is 2. The average molecular weight is 457 g/mol. The van der Waals surface area contributed by atoms with E-state index in [0.29, 0.717) is 18.9 Å². The van der Waals surface area contributed by atoms with Crippen molar-refractivity contribution in [1.82, 2.24) is 25.1 Å². The topological polar surface area (TPSA) is 75.9 Å². The molecule has 1 unspecified atom stereocenters. The molecule has 1 aliphatic rings. The highest BCUT2D eigenvalue weighted by Gasteiger charge is 2.26. The summed E-state index contributed by atoms with van der Waals surface area (Å²) < 4.78 is 15.0. The van der Waals surface area contributed by atoms with Gasteiger partial charge in [-0.15, -0.1) is 10.2 Å². The molecule has 2 aromatic heterocycles. The summed E-state index contributed by atoms with van der Waals surface area (Å²) in [6, 6.07) is 20.0. The van der Waals surface area contributed by atoms with E-state index < -0.39 is 0 Å². The summed E-state index contributed by atoms with van der Waals surface area (Å²) in [6.45, 7) is 1.80. The Bertz CT molecular complexity index is 1240. The zero-order chi connectivity index (χ0) is 23.3.